The van der Waals surface area contributed by atoms with Crippen LogP contribution in [0, 0.1) is 0 Å². The Morgan fingerprint density at radius 3 is 2.50 bits per heavy atom. The predicted molar refractivity (Wildman–Crippen MR) is 77.2 cm³/mol. The van der Waals surface area contributed by atoms with E-state index >= 15 is 0 Å². The summed E-state index contributed by atoms with van der Waals surface area (Å²) in [7, 11) is 0. The van der Waals surface area contributed by atoms with Crippen LogP contribution < -0.4 is 5.32 Å². The monoisotopic (exact) mass is 374 g/mol. The van der Waals surface area contributed by atoms with Crippen molar-refractivity contribution in [2.24, 2.45) is 0 Å². The first-order chi connectivity index (χ1) is 10.4. The first-order valence-electron chi connectivity index (χ1n) is 6.07. The zero-order valence-corrected chi connectivity index (χ0v) is 12.6. The standard InChI is InChI=1S/C14H10BrF3N2O2/c15-10-6-7-11(19-12(10)14(16,17)18)20-13(21)22-8-9-4-2-1-3-5-9/h1-7H,8H2,(H,19,20,21). The molecule has 0 unspecified atom stereocenters. The third kappa shape index (κ3) is 4.45. The third-order valence-corrected chi connectivity index (χ3v) is 3.20. The van der Waals surface area contributed by atoms with Crippen LogP contribution in [0.15, 0.2) is 46.9 Å². The summed E-state index contributed by atoms with van der Waals surface area (Å²) in [6, 6.07) is 11.3. The van der Waals surface area contributed by atoms with Crippen LogP contribution in [0.4, 0.5) is 23.8 Å². The van der Waals surface area contributed by atoms with Gasteiger partial charge in [0.2, 0.25) is 0 Å². The normalized spacial score (nSPS) is 11.1. The van der Waals surface area contributed by atoms with Crippen molar-refractivity contribution >= 4 is 27.8 Å². The first-order valence-corrected chi connectivity index (χ1v) is 6.87. The number of hydrogen-bond acceptors (Lipinski definition) is 3. The number of ether oxygens (including phenoxy) is 1. The Hall–Kier alpha value is -2.09. The Kier molecular flexibility index (Phi) is 5.02. The van der Waals surface area contributed by atoms with Gasteiger partial charge in [0, 0.05) is 4.47 Å². The van der Waals surface area contributed by atoms with Crippen molar-refractivity contribution in [2.75, 3.05) is 5.32 Å². The Bertz CT molecular complexity index is 663. The molecule has 4 nitrogen and oxygen atoms in total. The number of benzene rings is 1. The maximum atomic E-state index is 12.7. The van der Waals surface area contributed by atoms with E-state index in [4.69, 9.17) is 4.74 Å². The summed E-state index contributed by atoms with van der Waals surface area (Å²) in [5.74, 6) is -0.242. The molecular weight excluding hydrogens is 365 g/mol. The van der Waals surface area contributed by atoms with Gasteiger partial charge in [0.15, 0.2) is 5.69 Å². The summed E-state index contributed by atoms with van der Waals surface area (Å²) in [5.41, 5.74) is -0.356. The number of hydrogen-bond donors (Lipinski definition) is 1. The molecule has 2 aromatic rings. The molecule has 0 aliphatic heterocycles. The molecule has 0 fully saturated rings. The number of nitrogens with one attached hydrogen (secondary N) is 1. The number of aromatic nitrogens is 1. The molecule has 0 spiro atoms. The number of halogens is 4. The van der Waals surface area contributed by atoms with Gasteiger partial charge in [0.25, 0.3) is 0 Å². The SMILES string of the molecule is O=C(Nc1ccc(Br)c(C(F)(F)F)n1)OCc1ccccc1. The molecule has 22 heavy (non-hydrogen) atoms. The highest BCUT2D eigenvalue weighted by Gasteiger charge is 2.35. The van der Waals surface area contributed by atoms with Gasteiger partial charge >= 0.3 is 12.3 Å². The number of amides is 1. The lowest BCUT2D eigenvalue weighted by molar-refractivity contribution is -0.141. The highest BCUT2D eigenvalue weighted by atomic mass is 79.9. The summed E-state index contributed by atoms with van der Waals surface area (Å²) >= 11 is 2.77. The van der Waals surface area contributed by atoms with E-state index in [9.17, 15) is 18.0 Å². The van der Waals surface area contributed by atoms with Crippen LogP contribution in [0.25, 0.3) is 0 Å². The first kappa shape index (κ1) is 16.3. The van der Waals surface area contributed by atoms with Crippen molar-refractivity contribution in [3.8, 4) is 0 Å². The highest BCUT2D eigenvalue weighted by molar-refractivity contribution is 9.10. The van der Waals surface area contributed by atoms with Gasteiger partial charge < -0.3 is 4.74 Å². The van der Waals surface area contributed by atoms with Gasteiger partial charge in [-0.1, -0.05) is 30.3 Å². The predicted octanol–water partition coefficient (Wildman–Crippen LogP) is 4.61. The van der Waals surface area contributed by atoms with Crippen LogP contribution in [-0.4, -0.2) is 11.1 Å². The Morgan fingerprint density at radius 1 is 1.18 bits per heavy atom. The zero-order valence-electron chi connectivity index (χ0n) is 11.0. The molecule has 1 heterocycles. The van der Waals surface area contributed by atoms with Crippen LogP contribution in [0.5, 0.6) is 0 Å². The molecule has 0 saturated carbocycles. The molecule has 116 valence electrons. The summed E-state index contributed by atoms with van der Waals surface area (Å²) in [4.78, 5) is 14.9. The topological polar surface area (TPSA) is 51.2 Å². The molecule has 1 amide bonds. The van der Waals surface area contributed by atoms with Crippen LogP contribution in [-0.2, 0) is 17.5 Å². The van der Waals surface area contributed by atoms with Crippen molar-refractivity contribution in [1.29, 1.82) is 0 Å². The number of rotatable bonds is 3. The number of alkyl halides is 3. The van der Waals surface area contributed by atoms with Crippen LogP contribution >= 0.6 is 15.9 Å². The van der Waals surface area contributed by atoms with E-state index in [1.165, 1.54) is 6.07 Å². The smallest absolute Gasteiger partial charge is 0.434 e. The van der Waals surface area contributed by atoms with Gasteiger partial charge in [-0.25, -0.2) is 9.78 Å². The lowest BCUT2D eigenvalue weighted by Gasteiger charge is -2.11. The van der Waals surface area contributed by atoms with E-state index in [2.05, 4.69) is 26.2 Å². The van der Waals surface area contributed by atoms with Gasteiger partial charge in [0.05, 0.1) is 0 Å². The Labute approximate surface area is 132 Å². The van der Waals surface area contributed by atoms with Crippen LogP contribution in [0.2, 0.25) is 0 Å². The minimum Gasteiger partial charge on any atom is -0.444 e. The quantitative estimate of drug-likeness (QED) is 0.853. The second-order valence-electron chi connectivity index (χ2n) is 4.21. The van der Waals surface area contributed by atoms with Gasteiger partial charge in [-0.2, -0.15) is 13.2 Å². The molecule has 1 aromatic carbocycles. The molecule has 0 bridgehead atoms. The van der Waals surface area contributed by atoms with Crippen LogP contribution in [0.3, 0.4) is 0 Å². The zero-order chi connectivity index (χ0) is 16.2. The van der Waals surface area contributed by atoms with E-state index in [0.29, 0.717) is 0 Å². The molecule has 0 aliphatic rings. The molecular formula is C14H10BrF3N2O2. The van der Waals surface area contributed by atoms with Crippen molar-refractivity contribution in [3.63, 3.8) is 0 Å². The molecule has 2 rings (SSSR count). The number of pyridine rings is 1. The average molecular weight is 375 g/mol. The number of carbonyl (C=O) groups excluding carboxylic acids is 1. The summed E-state index contributed by atoms with van der Waals surface area (Å²) in [5, 5.41) is 2.16. The fraction of sp³-hybridized carbons (Fsp3) is 0.143. The van der Waals surface area contributed by atoms with E-state index in [1.54, 1.807) is 24.3 Å². The second-order valence-corrected chi connectivity index (χ2v) is 5.07. The molecule has 0 aliphatic carbocycles. The highest BCUT2D eigenvalue weighted by Crippen LogP contribution is 2.33. The minimum absolute atomic E-state index is 0.00926. The molecule has 1 aromatic heterocycles. The fourth-order valence-corrected chi connectivity index (χ4v) is 2.02. The second kappa shape index (κ2) is 6.78. The lowest BCUT2D eigenvalue weighted by Crippen LogP contribution is -2.17. The van der Waals surface area contributed by atoms with Crippen LogP contribution in [0.1, 0.15) is 11.3 Å². The summed E-state index contributed by atoms with van der Waals surface area (Å²) < 4.78 is 42.8. The summed E-state index contributed by atoms with van der Waals surface area (Å²) in [6.07, 6.45) is -5.50. The number of nitrogens with zero attached hydrogens (tertiary/aromatic N) is 1. The molecule has 1 N–H and O–H groups in total. The third-order valence-electron chi connectivity index (χ3n) is 2.56. The van der Waals surface area contributed by atoms with E-state index in [-0.39, 0.29) is 16.9 Å². The molecule has 0 saturated heterocycles. The average Bonchev–Trinajstić information content (AvgIpc) is 2.47. The lowest BCUT2D eigenvalue weighted by atomic mass is 10.2. The largest absolute Gasteiger partial charge is 0.444 e. The van der Waals surface area contributed by atoms with Crippen molar-refractivity contribution in [3.05, 3.63) is 58.2 Å². The van der Waals surface area contributed by atoms with Gasteiger partial charge in [0.1, 0.15) is 12.4 Å². The Balaban J connectivity index is 2.00. The molecule has 0 atom stereocenters. The van der Waals surface area contributed by atoms with Gasteiger partial charge in [-0.15, -0.1) is 0 Å². The van der Waals surface area contributed by atoms with E-state index < -0.39 is 18.0 Å². The van der Waals surface area contributed by atoms with Crippen molar-refractivity contribution in [1.82, 2.24) is 4.98 Å². The number of carbonyl (C=O) groups is 1. The van der Waals surface area contributed by atoms with E-state index in [1.807, 2.05) is 6.07 Å². The number of anilines is 1. The summed E-state index contributed by atoms with van der Waals surface area (Å²) in [6.45, 7) is 0.00926. The Morgan fingerprint density at radius 2 is 1.86 bits per heavy atom. The maximum Gasteiger partial charge on any atom is 0.434 e. The molecule has 0 radical (unpaired) electrons. The maximum absolute atomic E-state index is 12.7. The fourth-order valence-electron chi connectivity index (χ4n) is 1.57. The van der Waals surface area contributed by atoms with E-state index in [0.717, 1.165) is 11.6 Å². The molecule has 8 heteroatoms. The van der Waals surface area contributed by atoms with Gasteiger partial charge in [-0.3, -0.25) is 5.32 Å². The van der Waals surface area contributed by atoms with Crippen molar-refractivity contribution < 1.29 is 22.7 Å². The van der Waals surface area contributed by atoms with Gasteiger partial charge in [-0.05, 0) is 33.6 Å². The van der Waals surface area contributed by atoms with Crippen molar-refractivity contribution in [2.45, 2.75) is 12.8 Å². The minimum atomic E-state index is -4.62.